The number of carbonyl (C=O) groups is 1. The summed E-state index contributed by atoms with van der Waals surface area (Å²) in [5, 5.41) is 0. The number of ether oxygens (including phenoxy) is 2. The second kappa shape index (κ2) is 6.54. The normalized spacial score (nSPS) is 21.4. The molecular formula is C16H22N2O3. The minimum absolute atomic E-state index is 0.0414. The fourth-order valence-electron chi connectivity index (χ4n) is 2.89. The van der Waals surface area contributed by atoms with Crippen LogP contribution in [0, 0.1) is 6.92 Å². The van der Waals surface area contributed by atoms with Crippen molar-refractivity contribution in [1.82, 2.24) is 9.88 Å². The van der Waals surface area contributed by atoms with E-state index in [1.165, 1.54) is 12.0 Å². The van der Waals surface area contributed by atoms with Crippen molar-refractivity contribution >= 4 is 5.91 Å². The Morgan fingerprint density at radius 2 is 2.29 bits per heavy atom. The first kappa shape index (κ1) is 14.5. The smallest absolute Gasteiger partial charge is 0.249 e. The van der Waals surface area contributed by atoms with Crippen LogP contribution in [-0.2, 0) is 27.4 Å². The van der Waals surface area contributed by atoms with Gasteiger partial charge in [0.05, 0.1) is 12.7 Å². The fourth-order valence-corrected chi connectivity index (χ4v) is 2.89. The van der Waals surface area contributed by atoms with Gasteiger partial charge in [-0.25, -0.2) is 0 Å². The van der Waals surface area contributed by atoms with Gasteiger partial charge in [0, 0.05) is 31.6 Å². The van der Waals surface area contributed by atoms with Gasteiger partial charge in [0.25, 0.3) is 0 Å². The van der Waals surface area contributed by atoms with Crippen molar-refractivity contribution in [2.75, 3.05) is 19.8 Å². The minimum atomic E-state index is 0.0414. The van der Waals surface area contributed by atoms with Crippen LogP contribution in [0.15, 0.2) is 12.3 Å². The Morgan fingerprint density at radius 1 is 1.43 bits per heavy atom. The average molecular weight is 290 g/mol. The van der Waals surface area contributed by atoms with Crippen LogP contribution in [0.3, 0.4) is 0 Å². The van der Waals surface area contributed by atoms with Crippen LogP contribution in [0.5, 0.6) is 0 Å². The maximum Gasteiger partial charge on any atom is 0.249 e. The second-order valence-corrected chi connectivity index (χ2v) is 5.85. The lowest BCUT2D eigenvalue weighted by molar-refractivity contribution is -0.138. The maximum absolute atomic E-state index is 12.2. The van der Waals surface area contributed by atoms with Gasteiger partial charge in [-0.05, 0) is 43.4 Å². The van der Waals surface area contributed by atoms with E-state index in [0.717, 1.165) is 30.7 Å². The molecule has 1 fully saturated rings. The molecule has 0 unspecified atom stereocenters. The summed E-state index contributed by atoms with van der Waals surface area (Å²) < 4.78 is 11.1. The molecule has 1 aromatic heterocycles. The lowest BCUT2D eigenvalue weighted by atomic mass is 10.1. The van der Waals surface area contributed by atoms with Gasteiger partial charge >= 0.3 is 0 Å². The summed E-state index contributed by atoms with van der Waals surface area (Å²) in [5.74, 6) is 0.0414. The largest absolute Gasteiger partial charge is 0.376 e. The lowest BCUT2D eigenvalue weighted by Crippen LogP contribution is -2.31. The highest BCUT2D eigenvalue weighted by Crippen LogP contribution is 2.22. The van der Waals surface area contributed by atoms with E-state index in [9.17, 15) is 4.79 Å². The van der Waals surface area contributed by atoms with Crippen molar-refractivity contribution in [2.45, 2.75) is 45.4 Å². The molecule has 2 aliphatic heterocycles. The standard InChI is InChI=1S/C16H22N2O3/c1-12-6-13-8-18(9-14(13)7-17-12)16(19)11-20-10-15-4-2-3-5-21-15/h6-7,15H,2-5,8-11H2,1H3/t15-/m1/s1. The van der Waals surface area contributed by atoms with Crippen LogP contribution < -0.4 is 0 Å². The average Bonchev–Trinajstić information content (AvgIpc) is 2.91. The number of fused-ring (bicyclic) bond motifs is 1. The summed E-state index contributed by atoms with van der Waals surface area (Å²) in [4.78, 5) is 18.3. The molecular weight excluding hydrogens is 268 g/mol. The lowest BCUT2D eigenvalue weighted by Gasteiger charge is -2.22. The molecule has 1 aromatic rings. The number of hydrogen-bond acceptors (Lipinski definition) is 4. The zero-order valence-corrected chi connectivity index (χ0v) is 12.5. The SMILES string of the molecule is Cc1cc2c(cn1)CN(C(=O)COC[C@H]1CCCCO1)C2. The third kappa shape index (κ3) is 3.60. The molecule has 1 saturated heterocycles. The molecule has 3 heterocycles. The van der Waals surface area contributed by atoms with Gasteiger partial charge in [0.15, 0.2) is 0 Å². The number of rotatable bonds is 4. The Balaban J connectivity index is 1.44. The summed E-state index contributed by atoms with van der Waals surface area (Å²) in [6.07, 6.45) is 5.39. The van der Waals surface area contributed by atoms with Gasteiger partial charge in [-0.2, -0.15) is 0 Å². The van der Waals surface area contributed by atoms with Crippen molar-refractivity contribution in [1.29, 1.82) is 0 Å². The first-order valence-electron chi connectivity index (χ1n) is 7.64. The van der Waals surface area contributed by atoms with Gasteiger partial charge in [-0.1, -0.05) is 0 Å². The molecule has 5 nitrogen and oxygen atoms in total. The quantitative estimate of drug-likeness (QED) is 0.849. The van der Waals surface area contributed by atoms with Crippen LogP contribution in [0.1, 0.15) is 36.1 Å². The van der Waals surface area contributed by atoms with Crippen molar-refractivity contribution in [3.63, 3.8) is 0 Å². The van der Waals surface area contributed by atoms with E-state index in [0.29, 0.717) is 19.7 Å². The molecule has 0 bridgehead atoms. The van der Waals surface area contributed by atoms with E-state index in [1.54, 1.807) is 0 Å². The van der Waals surface area contributed by atoms with Crippen molar-refractivity contribution < 1.29 is 14.3 Å². The van der Waals surface area contributed by atoms with Gasteiger partial charge < -0.3 is 14.4 Å². The predicted molar refractivity (Wildman–Crippen MR) is 77.6 cm³/mol. The molecule has 0 saturated carbocycles. The molecule has 0 aromatic carbocycles. The zero-order chi connectivity index (χ0) is 14.7. The molecule has 3 rings (SSSR count). The van der Waals surface area contributed by atoms with Gasteiger partial charge in [-0.3, -0.25) is 9.78 Å². The molecule has 0 spiro atoms. The Kier molecular flexibility index (Phi) is 4.51. The van der Waals surface area contributed by atoms with E-state index < -0.39 is 0 Å². The summed E-state index contributed by atoms with van der Waals surface area (Å²) >= 11 is 0. The highest BCUT2D eigenvalue weighted by molar-refractivity contribution is 5.78. The molecule has 1 atom stereocenters. The molecule has 5 heteroatoms. The number of hydrogen-bond donors (Lipinski definition) is 0. The highest BCUT2D eigenvalue weighted by Gasteiger charge is 2.24. The molecule has 2 aliphatic rings. The van der Waals surface area contributed by atoms with Crippen LogP contribution in [0.4, 0.5) is 0 Å². The third-order valence-corrected chi connectivity index (χ3v) is 4.10. The van der Waals surface area contributed by atoms with E-state index in [4.69, 9.17) is 9.47 Å². The summed E-state index contributed by atoms with van der Waals surface area (Å²) in [7, 11) is 0. The van der Waals surface area contributed by atoms with E-state index in [1.807, 2.05) is 18.0 Å². The van der Waals surface area contributed by atoms with E-state index >= 15 is 0 Å². The Bertz CT molecular complexity index is 512. The number of pyridine rings is 1. The highest BCUT2D eigenvalue weighted by atomic mass is 16.5. The number of nitrogens with zero attached hydrogens (tertiary/aromatic N) is 2. The number of aromatic nitrogens is 1. The fraction of sp³-hybridized carbons (Fsp3) is 0.625. The zero-order valence-electron chi connectivity index (χ0n) is 12.5. The second-order valence-electron chi connectivity index (χ2n) is 5.85. The molecule has 0 N–H and O–H groups in total. The molecule has 21 heavy (non-hydrogen) atoms. The third-order valence-electron chi connectivity index (χ3n) is 4.10. The predicted octanol–water partition coefficient (Wildman–Crippen LogP) is 1.82. The Hall–Kier alpha value is -1.46. The minimum Gasteiger partial charge on any atom is -0.376 e. The molecule has 1 amide bonds. The van der Waals surface area contributed by atoms with Crippen LogP contribution in [0.25, 0.3) is 0 Å². The van der Waals surface area contributed by atoms with Crippen molar-refractivity contribution in [3.8, 4) is 0 Å². The summed E-state index contributed by atoms with van der Waals surface area (Å²) in [6.45, 7) is 4.76. The number of amides is 1. The van der Waals surface area contributed by atoms with E-state index in [2.05, 4.69) is 11.1 Å². The van der Waals surface area contributed by atoms with E-state index in [-0.39, 0.29) is 18.6 Å². The topological polar surface area (TPSA) is 51.7 Å². The Labute approximate surface area is 125 Å². The Morgan fingerprint density at radius 3 is 3.10 bits per heavy atom. The van der Waals surface area contributed by atoms with Crippen molar-refractivity contribution in [2.24, 2.45) is 0 Å². The number of aryl methyl sites for hydroxylation is 1. The molecule has 0 radical (unpaired) electrons. The van der Waals surface area contributed by atoms with Gasteiger partial charge in [0.2, 0.25) is 5.91 Å². The number of carbonyl (C=O) groups excluding carboxylic acids is 1. The van der Waals surface area contributed by atoms with Gasteiger partial charge in [0.1, 0.15) is 6.61 Å². The first-order chi connectivity index (χ1) is 10.2. The van der Waals surface area contributed by atoms with Crippen molar-refractivity contribution in [3.05, 3.63) is 29.1 Å². The summed E-state index contributed by atoms with van der Waals surface area (Å²) in [5.41, 5.74) is 3.34. The summed E-state index contributed by atoms with van der Waals surface area (Å²) in [6, 6.07) is 2.05. The molecule has 114 valence electrons. The van der Waals surface area contributed by atoms with Crippen LogP contribution in [-0.4, -0.2) is 41.7 Å². The molecule has 0 aliphatic carbocycles. The monoisotopic (exact) mass is 290 g/mol. The van der Waals surface area contributed by atoms with Crippen LogP contribution in [0.2, 0.25) is 0 Å². The van der Waals surface area contributed by atoms with Gasteiger partial charge in [-0.15, -0.1) is 0 Å². The van der Waals surface area contributed by atoms with Crippen LogP contribution >= 0.6 is 0 Å². The first-order valence-corrected chi connectivity index (χ1v) is 7.64. The maximum atomic E-state index is 12.2.